The topological polar surface area (TPSA) is 81.9 Å². The highest BCUT2D eigenvalue weighted by Crippen LogP contribution is 2.38. The molecule has 4 rings (SSSR count). The minimum atomic E-state index is -0.268. The van der Waals surface area contributed by atoms with Crippen LogP contribution in [0.4, 0.5) is 0 Å². The molecule has 2 aromatic rings. The third kappa shape index (κ3) is 2.62. The summed E-state index contributed by atoms with van der Waals surface area (Å²) in [5, 5.41) is 0. The average molecular weight is 344 g/mol. The van der Waals surface area contributed by atoms with Gasteiger partial charge in [0.15, 0.2) is 5.65 Å². The molecule has 2 unspecified atom stereocenters. The first-order chi connectivity index (χ1) is 12.1. The molecule has 1 fully saturated rings. The summed E-state index contributed by atoms with van der Waals surface area (Å²) in [5.41, 5.74) is 0.394. The number of fused-ring (bicyclic) bond motifs is 3. The molecule has 2 aliphatic rings. The summed E-state index contributed by atoms with van der Waals surface area (Å²) < 4.78 is 8.74. The van der Waals surface area contributed by atoms with E-state index in [1.807, 2.05) is 13.8 Å². The smallest absolute Gasteiger partial charge is 0.332 e. The van der Waals surface area contributed by atoms with Gasteiger partial charge in [-0.25, -0.2) is 9.78 Å². The fourth-order valence-electron chi connectivity index (χ4n) is 3.90. The number of hydrogen-bond acceptors (Lipinski definition) is 4. The number of ether oxygens (including phenoxy) is 1. The van der Waals surface area contributed by atoms with Crippen LogP contribution in [-0.4, -0.2) is 25.2 Å². The van der Waals surface area contributed by atoms with Gasteiger partial charge < -0.3 is 9.72 Å². The zero-order valence-electron chi connectivity index (χ0n) is 14.7. The number of rotatable bonds is 5. The van der Waals surface area contributed by atoms with Gasteiger partial charge in [0.2, 0.25) is 0 Å². The Labute approximate surface area is 145 Å². The van der Waals surface area contributed by atoms with Crippen molar-refractivity contribution in [2.75, 3.05) is 0 Å². The summed E-state index contributed by atoms with van der Waals surface area (Å²) in [7, 11) is 0. The molecule has 4 heterocycles. The molecule has 0 aromatic carbocycles. The molecule has 1 saturated heterocycles. The van der Waals surface area contributed by atoms with Gasteiger partial charge >= 0.3 is 5.69 Å². The van der Waals surface area contributed by atoms with Gasteiger partial charge in [0.05, 0.1) is 11.9 Å². The third-order valence-electron chi connectivity index (χ3n) is 5.06. The van der Waals surface area contributed by atoms with Crippen molar-refractivity contribution in [2.24, 2.45) is 0 Å². The number of allylic oxidation sites excluding steroid dienone is 2. The van der Waals surface area contributed by atoms with Crippen LogP contribution in [0, 0.1) is 0 Å². The van der Waals surface area contributed by atoms with E-state index in [2.05, 4.69) is 16.0 Å². The standard InChI is InChI=1S/C18H24N4O3/c1-3-7-21-16-14(17(23)22(8-4-2)18(21)24)19-15(20-16)11-9-12-5-6-13(10-11)25-12/h9,11,13H,3-8,10H2,1-2H3,(H,19,20). The van der Waals surface area contributed by atoms with Crippen molar-refractivity contribution in [2.45, 2.75) is 71.1 Å². The lowest BCUT2D eigenvalue weighted by Crippen LogP contribution is -2.40. The monoisotopic (exact) mass is 344 g/mol. The Morgan fingerprint density at radius 3 is 2.72 bits per heavy atom. The largest absolute Gasteiger partial charge is 0.495 e. The summed E-state index contributed by atoms with van der Waals surface area (Å²) in [5.74, 6) is 1.90. The van der Waals surface area contributed by atoms with Crippen LogP contribution in [0.15, 0.2) is 21.4 Å². The lowest BCUT2D eigenvalue weighted by atomic mass is 10.00. The lowest BCUT2D eigenvalue weighted by molar-refractivity contribution is 0.131. The first-order valence-corrected chi connectivity index (χ1v) is 9.23. The van der Waals surface area contributed by atoms with Gasteiger partial charge in [-0.2, -0.15) is 0 Å². The van der Waals surface area contributed by atoms with Gasteiger partial charge in [0, 0.05) is 25.4 Å². The maximum Gasteiger partial charge on any atom is 0.332 e. The minimum Gasteiger partial charge on any atom is -0.495 e. The molecule has 7 nitrogen and oxygen atoms in total. The molecule has 0 spiro atoms. The molecule has 0 aliphatic carbocycles. The van der Waals surface area contributed by atoms with E-state index in [0.717, 1.165) is 43.7 Å². The lowest BCUT2D eigenvalue weighted by Gasteiger charge is -2.20. The molecule has 134 valence electrons. The molecule has 2 atom stereocenters. The van der Waals surface area contributed by atoms with Crippen LogP contribution >= 0.6 is 0 Å². The van der Waals surface area contributed by atoms with Gasteiger partial charge in [-0.1, -0.05) is 13.8 Å². The fraction of sp³-hybridized carbons (Fsp3) is 0.611. The number of aromatic amines is 1. The van der Waals surface area contributed by atoms with Crippen LogP contribution in [0.3, 0.4) is 0 Å². The van der Waals surface area contributed by atoms with E-state index in [9.17, 15) is 9.59 Å². The van der Waals surface area contributed by atoms with Crippen molar-refractivity contribution in [1.82, 2.24) is 19.1 Å². The molecular formula is C18H24N4O3. The summed E-state index contributed by atoms with van der Waals surface area (Å²) in [6.07, 6.45) is 6.79. The number of aryl methyl sites for hydroxylation is 1. The van der Waals surface area contributed by atoms with E-state index in [1.165, 1.54) is 4.57 Å². The molecule has 2 aliphatic heterocycles. The highest BCUT2D eigenvalue weighted by molar-refractivity contribution is 5.70. The molecule has 7 heteroatoms. The van der Waals surface area contributed by atoms with Crippen molar-refractivity contribution < 1.29 is 4.74 Å². The van der Waals surface area contributed by atoms with Crippen molar-refractivity contribution in [3.8, 4) is 0 Å². The Kier molecular flexibility index (Phi) is 4.01. The highest BCUT2D eigenvalue weighted by atomic mass is 16.5. The maximum atomic E-state index is 12.8. The number of aromatic nitrogens is 4. The van der Waals surface area contributed by atoms with E-state index < -0.39 is 0 Å². The number of hydrogen-bond donors (Lipinski definition) is 1. The zero-order valence-corrected chi connectivity index (χ0v) is 14.7. The molecular weight excluding hydrogens is 320 g/mol. The second-order valence-electron chi connectivity index (χ2n) is 6.97. The zero-order chi connectivity index (χ0) is 17.6. The first kappa shape index (κ1) is 16.2. The molecule has 2 bridgehead atoms. The Hall–Kier alpha value is -2.31. The molecule has 0 saturated carbocycles. The number of nitrogens with zero attached hydrogens (tertiary/aromatic N) is 3. The average Bonchev–Trinajstić information content (AvgIpc) is 3.19. The number of nitrogens with one attached hydrogen (secondary N) is 1. The van der Waals surface area contributed by atoms with Crippen LogP contribution in [0.2, 0.25) is 0 Å². The number of imidazole rings is 1. The SMILES string of the molecule is CCCn1c(=O)c2[nH]c(C3C=C4CCC(C3)O4)nc2n(CCC)c1=O. The molecule has 2 aromatic heterocycles. The van der Waals surface area contributed by atoms with Gasteiger partial charge in [-0.15, -0.1) is 0 Å². The predicted molar refractivity (Wildman–Crippen MR) is 94.7 cm³/mol. The summed E-state index contributed by atoms with van der Waals surface area (Å²) in [6.45, 7) is 4.96. The van der Waals surface area contributed by atoms with Gasteiger partial charge in [0.1, 0.15) is 11.3 Å². The third-order valence-corrected chi connectivity index (χ3v) is 5.06. The van der Waals surface area contributed by atoms with Crippen LogP contribution in [0.1, 0.15) is 57.7 Å². The summed E-state index contributed by atoms with van der Waals surface area (Å²) in [6, 6.07) is 0. The fourth-order valence-corrected chi connectivity index (χ4v) is 3.90. The van der Waals surface area contributed by atoms with E-state index in [0.29, 0.717) is 24.3 Å². The van der Waals surface area contributed by atoms with Crippen molar-refractivity contribution in [3.63, 3.8) is 0 Å². The second kappa shape index (κ2) is 6.20. The van der Waals surface area contributed by atoms with Gasteiger partial charge in [-0.05, 0) is 31.8 Å². The highest BCUT2D eigenvalue weighted by Gasteiger charge is 2.32. The Balaban J connectivity index is 1.88. The second-order valence-corrected chi connectivity index (χ2v) is 6.97. The normalized spacial score (nSPS) is 22.2. The van der Waals surface area contributed by atoms with Crippen LogP contribution in [0.25, 0.3) is 11.2 Å². The van der Waals surface area contributed by atoms with Crippen molar-refractivity contribution in [1.29, 1.82) is 0 Å². The maximum absolute atomic E-state index is 12.8. The van der Waals surface area contributed by atoms with Crippen molar-refractivity contribution in [3.05, 3.63) is 38.5 Å². The van der Waals surface area contributed by atoms with E-state index in [1.54, 1.807) is 4.57 Å². The molecule has 0 amide bonds. The van der Waals surface area contributed by atoms with Crippen LogP contribution < -0.4 is 11.2 Å². The van der Waals surface area contributed by atoms with E-state index >= 15 is 0 Å². The van der Waals surface area contributed by atoms with E-state index in [4.69, 9.17) is 4.74 Å². The number of H-pyrrole nitrogens is 1. The first-order valence-electron chi connectivity index (χ1n) is 9.23. The van der Waals surface area contributed by atoms with E-state index in [-0.39, 0.29) is 23.3 Å². The van der Waals surface area contributed by atoms with Crippen LogP contribution in [0.5, 0.6) is 0 Å². The Bertz CT molecular complexity index is 950. The van der Waals surface area contributed by atoms with Crippen LogP contribution in [-0.2, 0) is 17.8 Å². The van der Waals surface area contributed by atoms with Crippen molar-refractivity contribution >= 4 is 11.2 Å². The molecule has 1 N–H and O–H groups in total. The summed E-state index contributed by atoms with van der Waals surface area (Å²) in [4.78, 5) is 33.4. The molecule has 0 radical (unpaired) electrons. The van der Waals surface area contributed by atoms with Gasteiger partial charge in [-0.3, -0.25) is 13.9 Å². The molecule has 25 heavy (non-hydrogen) atoms. The Morgan fingerprint density at radius 1 is 1.24 bits per heavy atom. The minimum absolute atomic E-state index is 0.118. The predicted octanol–water partition coefficient (Wildman–Crippen LogP) is 2.26. The summed E-state index contributed by atoms with van der Waals surface area (Å²) >= 11 is 0. The quantitative estimate of drug-likeness (QED) is 0.902. The Morgan fingerprint density at radius 2 is 2.00 bits per heavy atom. The van der Waals surface area contributed by atoms with Gasteiger partial charge in [0.25, 0.3) is 5.56 Å².